The van der Waals surface area contributed by atoms with Crippen molar-refractivity contribution in [3.63, 3.8) is 0 Å². The number of hydrogen-bond donors (Lipinski definition) is 1. The van der Waals surface area contributed by atoms with E-state index in [0.29, 0.717) is 31.1 Å². The number of hydrogen-bond acceptors (Lipinski definition) is 5. The molecule has 2 fully saturated rings. The molecule has 0 radical (unpaired) electrons. The molecule has 1 aromatic rings. The third-order valence-corrected chi connectivity index (χ3v) is 6.86. The van der Waals surface area contributed by atoms with Crippen molar-refractivity contribution in [3.05, 3.63) is 17.1 Å². The number of fused-ring (bicyclic) bond motifs is 1. The second kappa shape index (κ2) is 8.25. The van der Waals surface area contributed by atoms with Crippen LogP contribution in [-0.2, 0) is 16.0 Å². The molecule has 1 N–H and O–H groups in total. The minimum Gasteiger partial charge on any atom is -0.381 e. The van der Waals surface area contributed by atoms with Crippen LogP contribution in [0, 0.1) is 12.8 Å². The lowest BCUT2D eigenvalue weighted by Gasteiger charge is -2.34. The summed E-state index contributed by atoms with van der Waals surface area (Å²) in [6.45, 7) is 6.36. The van der Waals surface area contributed by atoms with Crippen LogP contribution in [0.25, 0.3) is 0 Å². The average molecular weight is 415 g/mol. The van der Waals surface area contributed by atoms with Crippen molar-refractivity contribution in [3.8, 4) is 0 Å². The topological polar surface area (TPSA) is 86.6 Å². The molecule has 0 unspecified atom stereocenters. The van der Waals surface area contributed by atoms with Gasteiger partial charge in [-0.2, -0.15) is 0 Å². The first-order valence-corrected chi connectivity index (χ1v) is 11.5. The smallest absolute Gasteiger partial charge is 0.254 e. The number of amides is 2. The summed E-state index contributed by atoms with van der Waals surface area (Å²) >= 11 is 0. The highest BCUT2D eigenvalue weighted by atomic mass is 16.3. The summed E-state index contributed by atoms with van der Waals surface area (Å²) in [7, 11) is 0. The van der Waals surface area contributed by atoms with Crippen molar-refractivity contribution in [2.45, 2.75) is 90.2 Å². The van der Waals surface area contributed by atoms with E-state index in [0.717, 1.165) is 36.5 Å². The number of aliphatic hydroxyl groups is 1. The molecule has 1 aliphatic carbocycles. The molecule has 2 amide bonds. The van der Waals surface area contributed by atoms with Gasteiger partial charge in [0.25, 0.3) is 5.91 Å². The molecule has 1 saturated carbocycles. The van der Waals surface area contributed by atoms with Crippen LogP contribution in [0.3, 0.4) is 0 Å². The van der Waals surface area contributed by atoms with E-state index in [-0.39, 0.29) is 17.9 Å². The quantitative estimate of drug-likeness (QED) is 0.818. The predicted octanol–water partition coefficient (Wildman–Crippen LogP) is 3.08. The van der Waals surface area contributed by atoms with Gasteiger partial charge in [0.2, 0.25) is 5.91 Å². The second-order valence-electron chi connectivity index (χ2n) is 9.69. The highest BCUT2D eigenvalue weighted by molar-refractivity contribution is 5.95. The number of nitrogens with zero attached hydrogens (tertiary/aromatic N) is 4. The van der Waals surface area contributed by atoms with E-state index in [1.54, 1.807) is 4.90 Å². The Morgan fingerprint density at radius 3 is 2.53 bits per heavy atom. The monoisotopic (exact) mass is 414 g/mol. The Morgan fingerprint density at radius 1 is 1.10 bits per heavy atom. The third kappa shape index (κ3) is 4.09. The Hall–Kier alpha value is -2.02. The van der Waals surface area contributed by atoms with E-state index < -0.39 is 5.60 Å². The molecule has 1 atom stereocenters. The summed E-state index contributed by atoms with van der Waals surface area (Å²) in [5.41, 5.74) is 0.542. The maximum absolute atomic E-state index is 12.8. The molecule has 0 bridgehead atoms. The van der Waals surface area contributed by atoms with Gasteiger partial charge in [-0.3, -0.25) is 14.5 Å². The van der Waals surface area contributed by atoms with Crippen LogP contribution in [-0.4, -0.2) is 50.5 Å². The minimum absolute atomic E-state index is 0.146. The first-order valence-electron chi connectivity index (χ1n) is 11.5. The lowest BCUT2D eigenvalue weighted by atomic mass is 9.88. The maximum atomic E-state index is 12.8. The zero-order valence-electron chi connectivity index (χ0n) is 18.5. The molecular formula is C23H34N4O3. The number of carbonyl (C=O) groups excluding carboxylic acids is 2. The van der Waals surface area contributed by atoms with Gasteiger partial charge in [0.15, 0.2) is 5.82 Å². The number of rotatable bonds is 4. The molecular weight excluding hydrogens is 380 g/mol. The van der Waals surface area contributed by atoms with E-state index >= 15 is 0 Å². The van der Waals surface area contributed by atoms with Crippen LogP contribution in [0.2, 0.25) is 0 Å². The minimum atomic E-state index is -1.42. The van der Waals surface area contributed by atoms with Gasteiger partial charge in [-0.05, 0) is 58.8 Å². The summed E-state index contributed by atoms with van der Waals surface area (Å²) in [5, 5.41) is 10.2. The van der Waals surface area contributed by atoms with Crippen LogP contribution in [0.1, 0.15) is 88.3 Å². The number of aryl methyl sites for hydroxylation is 1. The molecule has 30 heavy (non-hydrogen) atoms. The molecule has 3 aliphatic rings. The van der Waals surface area contributed by atoms with E-state index in [4.69, 9.17) is 9.97 Å². The van der Waals surface area contributed by atoms with Crippen molar-refractivity contribution in [1.29, 1.82) is 0 Å². The van der Waals surface area contributed by atoms with Gasteiger partial charge in [-0.15, -0.1) is 0 Å². The Labute approximate surface area is 178 Å². The maximum Gasteiger partial charge on any atom is 0.254 e. The van der Waals surface area contributed by atoms with Crippen molar-refractivity contribution in [2.24, 2.45) is 5.92 Å². The fourth-order valence-corrected chi connectivity index (χ4v) is 5.20. The normalized spacial score (nSPS) is 23.1. The van der Waals surface area contributed by atoms with Gasteiger partial charge in [0.1, 0.15) is 11.4 Å². The van der Waals surface area contributed by atoms with Crippen molar-refractivity contribution < 1.29 is 14.7 Å². The molecule has 3 heterocycles. The lowest BCUT2D eigenvalue weighted by molar-refractivity contribution is -0.149. The summed E-state index contributed by atoms with van der Waals surface area (Å²) < 4.78 is 0. The first-order chi connectivity index (χ1) is 14.3. The Kier molecular flexibility index (Phi) is 5.84. The molecule has 1 saturated heterocycles. The van der Waals surface area contributed by atoms with Gasteiger partial charge in [0.05, 0.1) is 6.04 Å². The van der Waals surface area contributed by atoms with Gasteiger partial charge in [0, 0.05) is 30.8 Å². The van der Waals surface area contributed by atoms with Crippen LogP contribution in [0.15, 0.2) is 0 Å². The number of aromatic nitrogens is 2. The zero-order valence-corrected chi connectivity index (χ0v) is 18.5. The first kappa shape index (κ1) is 21.2. The standard InChI is InChI=1S/C23H34N4O3/c1-15-17-11-12-19(28)27(14-16-8-5-4-6-9-16)21(17)25-20(24-15)18-10-7-13-26(18)22(29)23(2,3)30/h16,18,30H,4-14H2,1-3H3/t18-/m1/s1. The average Bonchev–Trinajstić information content (AvgIpc) is 3.19. The van der Waals surface area contributed by atoms with E-state index in [1.807, 2.05) is 11.8 Å². The van der Waals surface area contributed by atoms with Gasteiger partial charge < -0.3 is 10.0 Å². The molecule has 7 heteroatoms. The van der Waals surface area contributed by atoms with Crippen LogP contribution in [0.5, 0.6) is 0 Å². The van der Waals surface area contributed by atoms with E-state index in [1.165, 1.54) is 46.0 Å². The molecule has 0 aromatic carbocycles. The SMILES string of the molecule is Cc1nc([C@H]2CCCN2C(=O)C(C)(C)O)nc2c1CCC(=O)N2CC1CCCCC1. The van der Waals surface area contributed by atoms with E-state index in [9.17, 15) is 14.7 Å². The van der Waals surface area contributed by atoms with Crippen LogP contribution < -0.4 is 4.90 Å². The highest BCUT2D eigenvalue weighted by Gasteiger charge is 2.39. The molecule has 164 valence electrons. The Morgan fingerprint density at radius 2 is 1.83 bits per heavy atom. The fourth-order valence-electron chi connectivity index (χ4n) is 5.20. The Bertz CT molecular complexity index is 826. The number of likely N-dealkylation sites (tertiary alicyclic amines) is 1. The molecule has 4 rings (SSSR count). The van der Waals surface area contributed by atoms with Gasteiger partial charge in [-0.1, -0.05) is 19.3 Å². The largest absolute Gasteiger partial charge is 0.381 e. The van der Waals surface area contributed by atoms with Crippen molar-refractivity contribution >= 4 is 17.6 Å². The van der Waals surface area contributed by atoms with Gasteiger partial charge >= 0.3 is 0 Å². The van der Waals surface area contributed by atoms with Crippen LogP contribution in [0.4, 0.5) is 5.82 Å². The summed E-state index contributed by atoms with van der Waals surface area (Å²) in [6.07, 6.45) is 8.94. The highest BCUT2D eigenvalue weighted by Crippen LogP contribution is 2.36. The second-order valence-corrected chi connectivity index (χ2v) is 9.69. The third-order valence-electron chi connectivity index (χ3n) is 6.86. The molecule has 0 spiro atoms. The van der Waals surface area contributed by atoms with E-state index in [2.05, 4.69) is 0 Å². The van der Waals surface area contributed by atoms with Crippen LogP contribution >= 0.6 is 0 Å². The Balaban J connectivity index is 1.66. The summed E-state index contributed by atoms with van der Waals surface area (Å²) in [5.74, 6) is 1.74. The molecule has 1 aromatic heterocycles. The van der Waals surface area contributed by atoms with Crippen molar-refractivity contribution in [1.82, 2.24) is 14.9 Å². The molecule has 7 nitrogen and oxygen atoms in total. The predicted molar refractivity (Wildman–Crippen MR) is 114 cm³/mol. The fraction of sp³-hybridized carbons (Fsp3) is 0.739. The zero-order chi connectivity index (χ0) is 21.5. The van der Waals surface area contributed by atoms with Gasteiger partial charge in [-0.25, -0.2) is 9.97 Å². The summed E-state index contributed by atoms with van der Waals surface area (Å²) in [4.78, 5) is 38.9. The lowest BCUT2D eigenvalue weighted by Crippen LogP contribution is -2.45. The molecule has 2 aliphatic heterocycles. The number of anilines is 1. The summed E-state index contributed by atoms with van der Waals surface area (Å²) in [6, 6.07) is -0.249. The number of carbonyl (C=O) groups is 2. The van der Waals surface area contributed by atoms with Crippen molar-refractivity contribution in [2.75, 3.05) is 18.0 Å².